The number of pyridine rings is 1. The van der Waals surface area contributed by atoms with Gasteiger partial charge in [-0.1, -0.05) is 20.8 Å². The van der Waals surface area contributed by atoms with Crippen LogP contribution in [0.4, 0.5) is 0 Å². The molecular formula is C20H31N3O3. The fourth-order valence-electron chi connectivity index (χ4n) is 3.06. The molecule has 1 aliphatic rings. The van der Waals surface area contributed by atoms with Crippen molar-refractivity contribution in [2.24, 2.45) is 11.8 Å². The van der Waals surface area contributed by atoms with E-state index in [9.17, 15) is 14.4 Å². The Kier molecular flexibility index (Phi) is 7.00. The van der Waals surface area contributed by atoms with E-state index in [4.69, 9.17) is 0 Å². The molecule has 6 nitrogen and oxygen atoms in total. The van der Waals surface area contributed by atoms with Gasteiger partial charge in [0.05, 0.1) is 0 Å². The number of rotatable bonds is 9. The number of carbonyl (C=O) groups is 2. The molecule has 0 aromatic carbocycles. The van der Waals surface area contributed by atoms with Gasteiger partial charge >= 0.3 is 0 Å². The lowest BCUT2D eigenvalue weighted by Crippen LogP contribution is -2.39. The topological polar surface area (TPSA) is 71.4 Å². The van der Waals surface area contributed by atoms with Gasteiger partial charge in [-0.05, 0) is 38.0 Å². The van der Waals surface area contributed by atoms with Crippen LogP contribution < -0.4 is 10.7 Å². The van der Waals surface area contributed by atoms with Crippen LogP contribution in [-0.2, 0) is 6.54 Å². The maximum absolute atomic E-state index is 13.1. The van der Waals surface area contributed by atoms with Gasteiger partial charge < -0.3 is 14.8 Å². The van der Waals surface area contributed by atoms with E-state index in [2.05, 4.69) is 19.2 Å². The summed E-state index contributed by atoms with van der Waals surface area (Å²) in [5.41, 5.74) is -0.331. The maximum atomic E-state index is 13.1. The van der Waals surface area contributed by atoms with Gasteiger partial charge in [0.25, 0.3) is 11.8 Å². The molecule has 26 heavy (non-hydrogen) atoms. The van der Waals surface area contributed by atoms with Gasteiger partial charge in [0.2, 0.25) is 5.43 Å². The molecule has 0 spiro atoms. The Balaban J connectivity index is 2.42. The summed E-state index contributed by atoms with van der Waals surface area (Å²) in [6.07, 6.45) is 6.31. The smallest absolute Gasteiger partial charge is 0.259 e. The highest BCUT2D eigenvalue weighted by Gasteiger charge is 2.29. The molecule has 1 N–H and O–H groups in total. The minimum absolute atomic E-state index is 0.0428. The Morgan fingerprint density at radius 3 is 2.42 bits per heavy atom. The highest BCUT2D eigenvalue weighted by Crippen LogP contribution is 2.30. The lowest BCUT2D eigenvalue weighted by molar-refractivity contribution is 0.0745. The molecule has 1 aliphatic carbocycles. The van der Waals surface area contributed by atoms with Gasteiger partial charge in [-0.15, -0.1) is 0 Å². The Morgan fingerprint density at radius 1 is 1.23 bits per heavy atom. The van der Waals surface area contributed by atoms with Crippen molar-refractivity contribution in [3.05, 3.63) is 33.7 Å². The second-order valence-corrected chi connectivity index (χ2v) is 7.56. The summed E-state index contributed by atoms with van der Waals surface area (Å²) in [5.74, 6) is 0.206. The van der Waals surface area contributed by atoms with Crippen molar-refractivity contribution in [2.45, 2.75) is 53.5 Å². The molecule has 0 atom stereocenters. The standard InChI is InChI=1S/C20H31N3O3/c1-5-9-23(11-15-7-8-15)20(26)17-13-22(10-14(3)4)12-16(18(17)24)19(25)21-6-2/h12-15H,5-11H2,1-4H3,(H,21,25). The highest BCUT2D eigenvalue weighted by molar-refractivity contribution is 5.99. The molecule has 2 rings (SSSR count). The normalized spacial score (nSPS) is 13.7. The van der Waals surface area contributed by atoms with E-state index in [0.717, 1.165) is 19.3 Å². The first kappa shape index (κ1) is 20.2. The van der Waals surface area contributed by atoms with E-state index in [1.54, 1.807) is 28.8 Å². The Hall–Kier alpha value is -2.11. The van der Waals surface area contributed by atoms with E-state index in [-0.39, 0.29) is 17.0 Å². The molecule has 0 aliphatic heterocycles. The molecule has 1 aromatic rings. The first-order valence-corrected chi connectivity index (χ1v) is 9.68. The third kappa shape index (κ3) is 5.19. The monoisotopic (exact) mass is 361 g/mol. The Labute approximate surface area is 155 Å². The minimum Gasteiger partial charge on any atom is -0.352 e. The second kappa shape index (κ2) is 9.01. The molecule has 0 saturated heterocycles. The molecule has 144 valence electrons. The van der Waals surface area contributed by atoms with Crippen LogP contribution >= 0.6 is 0 Å². The van der Waals surface area contributed by atoms with Crippen LogP contribution in [0.15, 0.2) is 17.2 Å². The molecule has 1 fully saturated rings. The lowest BCUT2D eigenvalue weighted by atomic mass is 10.1. The van der Waals surface area contributed by atoms with Crippen molar-refractivity contribution >= 4 is 11.8 Å². The molecule has 6 heteroatoms. The third-order valence-electron chi connectivity index (χ3n) is 4.42. The molecule has 1 saturated carbocycles. The number of amides is 2. The molecule has 0 unspecified atom stereocenters. The fraction of sp³-hybridized carbons (Fsp3) is 0.650. The van der Waals surface area contributed by atoms with E-state index in [0.29, 0.717) is 38.0 Å². The average Bonchev–Trinajstić information content (AvgIpc) is 3.39. The highest BCUT2D eigenvalue weighted by atomic mass is 16.2. The van der Waals surface area contributed by atoms with Crippen molar-refractivity contribution < 1.29 is 9.59 Å². The quantitative estimate of drug-likeness (QED) is 0.735. The van der Waals surface area contributed by atoms with E-state index < -0.39 is 11.3 Å². The summed E-state index contributed by atoms with van der Waals surface area (Å²) in [5, 5.41) is 2.67. The lowest BCUT2D eigenvalue weighted by Gasteiger charge is -2.23. The molecule has 0 bridgehead atoms. The van der Waals surface area contributed by atoms with Crippen LogP contribution in [0.5, 0.6) is 0 Å². The summed E-state index contributed by atoms with van der Waals surface area (Å²) in [6, 6.07) is 0. The summed E-state index contributed by atoms with van der Waals surface area (Å²) in [7, 11) is 0. The minimum atomic E-state index is -0.474. The molecule has 0 radical (unpaired) electrons. The van der Waals surface area contributed by atoms with Gasteiger partial charge in [-0.3, -0.25) is 14.4 Å². The zero-order valence-corrected chi connectivity index (χ0v) is 16.4. The van der Waals surface area contributed by atoms with E-state index in [1.807, 2.05) is 6.92 Å². The Morgan fingerprint density at radius 2 is 1.88 bits per heavy atom. The van der Waals surface area contributed by atoms with E-state index in [1.165, 1.54) is 0 Å². The summed E-state index contributed by atoms with van der Waals surface area (Å²) in [4.78, 5) is 40.0. The predicted octanol–water partition coefficient (Wildman–Crippen LogP) is 2.52. The molecule has 1 heterocycles. The summed E-state index contributed by atoms with van der Waals surface area (Å²) >= 11 is 0. The van der Waals surface area contributed by atoms with Gasteiger partial charge in [-0.25, -0.2) is 0 Å². The molecule has 1 aromatic heterocycles. The van der Waals surface area contributed by atoms with Gasteiger partial charge in [0.15, 0.2) is 0 Å². The third-order valence-corrected chi connectivity index (χ3v) is 4.42. The second-order valence-electron chi connectivity index (χ2n) is 7.56. The van der Waals surface area contributed by atoms with Crippen molar-refractivity contribution in [1.29, 1.82) is 0 Å². The van der Waals surface area contributed by atoms with Crippen LogP contribution in [0.25, 0.3) is 0 Å². The van der Waals surface area contributed by atoms with Crippen LogP contribution in [0, 0.1) is 11.8 Å². The first-order valence-electron chi connectivity index (χ1n) is 9.68. The van der Waals surface area contributed by atoms with Crippen molar-refractivity contribution in [2.75, 3.05) is 19.6 Å². The van der Waals surface area contributed by atoms with Gasteiger partial charge in [-0.2, -0.15) is 0 Å². The number of nitrogens with one attached hydrogen (secondary N) is 1. The zero-order valence-electron chi connectivity index (χ0n) is 16.4. The number of nitrogens with zero attached hydrogens (tertiary/aromatic N) is 2. The fourth-order valence-corrected chi connectivity index (χ4v) is 3.06. The van der Waals surface area contributed by atoms with Crippen molar-refractivity contribution in [1.82, 2.24) is 14.8 Å². The van der Waals surface area contributed by atoms with Gasteiger partial charge in [0, 0.05) is 38.6 Å². The largest absolute Gasteiger partial charge is 0.352 e. The molecule has 2 amide bonds. The van der Waals surface area contributed by atoms with Gasteiger partial charge in [0.1, 0.15) is 11.1 Å². The number of carbonyl (C=O) groups excluding carboxylic acids is 2. The first-order chi connectivity index (χ1) is 12.4. The van der Waals surface area contributed by atoms with Crippen LogP contribution in [0.1, 0.15) is 67.7 Å². The SMILES string of the molecule is CCCN(CC1CC1)C(=O)c1cn(CC(C)C)cc(C(=O)NCC)c1=O. The average molecular weight is 361 g/mol. The predicted molar refractivity (Wildman–Crippen MR) is 102 cm³/mol. The zero-order chi connectivity index (χ0) is 19.3. The maximum Gasteiger partial charge on any atom is 0.259 e. The summed E-state index contributed by atoms with van der Waals surface area (Å²) in [6.45, 7) is 10.3. The van der Waals surface area contributed by atoms with Crippen molar-refractivity contribution in [3.63, 3.8) is 0 Å². The van der Waals surface area contributed by atoms with E-state index >= 15 is 0 Å². The van der Waals surface area contributed by atoms with Crippen LogP contribution in [0.2, 0.25) is 0 Å². The number of aromatic nitrogens is 1. The summed E-state index contributed by atoms with van der Waals surface area (Å²) < 4.78 is 1.80. The Bertz CT molecular complexity index is 705. The number of hydrogen-bond donors (Lipinski definition) is 1. The van der Waals surface area contributed by atoms with Crippen molar-refractivity contribution in [3.8, 4) is 0 Å². The molecular weight excluding hydrogens is 330 g/mol. The van der Waals surface area contributed by atoms with Crippen LogP contribution in [-0.4, -0.2) is 40.9 Å². The number of hydrogen-bond acceptors (Lipinski definition) is 3. The van der Waals surface area contributed by atoms with Crippen LogP contribution in [0.3, 0.4) is 0 Å².